The van der Waals surface area contributed by atoms with Crippen LogP contribution in [-0.2, 0) is 0 Å². The Hall–Kier alpha value is -0.520. The van der Waals surface area contributed by atoms with Crippen LogP contribution >= 0.6 is 0 Å². The molecule has 0 spiro atoms. The quantitative estimate of drug-likeness (QED) is 0.455. The highest BCUT2D eigenvalue weighted by Crippen LogP contribution is 2.35. The Morgan fingerprint density at radius 2 is 1.50 bits per heavy atom. The van der Waals surface area contributed by atoms with Crippen LogP contribution in [0.1, 0.15) is 73.1 Å². The summed E-state index contributed by atoms with van der Waals surface area (Å²) in [6.45, 7) is 18.4. The van der Waals surface area contributed by atoms with E-state index in [-0.39, 0.29) is 0 Å². The third kappa shape index (κ3) is 11.6. The van der Waals surface area contributed by atoms with Crippen LogP contribution in [0.2, 0.25) is 0 Å². The van der Waals surface area contributed by atoms with E-state index >= 15 is 0 Å². The molecule has 0 aliphatic rings. The summed E-state index contributed by atoms with van der Waals surface area (Å²) in [5, 5.41) is 0. The largest absolute Gasteiger partial charge is 0.103 e. The number of hydrogen-bond acceptors (Lipinski definition) is 0. The predicted molar refractivity (Wildman–Crippen MR) is 77.8 cm³/mol. The Bertz CT molecular complexity index is 170. The van der Waals surface area contributed by atoms with Gasteiger partial charge in [-0.1, -0.05) is 45.3 Å². The lowest BCUT2D eigenvalue weighted by Crippen LogP contribution is -2.15. The van der Waals surface area contributed by atoms with Gasteiger partial charge >= 0.3 is 0 Å². The van der Waals surface area contributed by atoms with Crippen molar-refractivity contribution in [2.75, 3.05) is 0 Å². The van der Waals surface area contributed by atoms with Gasteiger partial charge < -0.3 is 0 Å². The SMILES string of the molecule is C=C(C)CCC(C)(CCC)CCC.C=CC. The fraction of sp³-hybridized carbons (Fsp3) is 0.750. The standard InChI is InChI=1S/C13H26.C3H6/c1-6-9-13(5,10-7-2)11-8-12(3)4;1-3-2/h3,6-11H2,1-2,4-5H3;3H,1H2,2H3. The molecule has 0 aliphatic heterocycles. The van der Waals surface area contributed by atoms with Crippen LogP contribution in [0, 0.1) is 5.41 Å². The smallest absolute Gasteiger partial charge is 0.0321 e. The van der Waals surface area contributed by atoms with Crippen LogP contribution in [0.4, 0.5) is 0 Å². The molecule has 0 heterocycles. The zero-order chi connectivity index (χ0) is 13.0. The lowest BCUT2D eigenvalue weighted by molar-refractivity contribution is 0.244. The summed E-state index contributed by atoms with van der Waals surface area (Å²) in [6.07, 6.45) is 9.64. The Kier molecular flexibility index (Phi) is 12.3. The van der Waals surface area contributed by atoms with Crippen molar-refractivity contribution in [2.24, 2.45) is 5.41 Å². The summed E-state index contributed by atoms with van der Waals surface area (Å²) in [6, 6.07) is 0. The molecule has 96 valence electrons. The summed E-state index contributed by atoms with van der Waals surface area (Å²) >= 11 is 0. The lowest BCUT2D eigenvalue weighted by atomic mass is 9.77. The van der Waals surface area contributed by atoms with E-state index in [4.69, 9.17) is 0 Å². The van der Waals surface area contributed by atoms with E-state index in [0.29, 0.717) is 5.41 Å². The maximum absolute atomic E-state index is 3.98. The molecule has 0 nitrogen and oxygen atoms in total. The van der Waals surface area contributed by atoms with E-state index in [1.807, 2.05) is 6.92 Å². The third-order valence-electron chi connectivity index (χ3n) is 2.86. The van der Waals surface area contributed by atoms with Gasteiger partial charge in [0.25, 0.3) is 0 Å². The average Bonchev–Trinajstić information content (AvgIpc) is 2.17. The highest BCUT2D eigenvalue weighted by atomic mass is 14.3. The summed E-state index contributed by atoms with van der Waals surface area (Å²) in [5.41, 5.74) is 1.90. The molecule has 0 bridgehead atoms. The van der Waals surface area contributed by atoms with E-state index < -0.39 is 0 Å². The summed E-state index contributed by atoms with van der Waals surface area (Å²) in [5.74, 6) is 0. The van der Waals surface area contributed by atoms with Gasteiger partial charge in [-0.3, -0.25) is 0 Å². The van der Waals surface area contributed by atoms with Crippen molar-refractivity contribution >= 4 is 0 Å². The predicted octanol–water partition coefficient (Wildman–Crippen LogP) is 6.14. The molecule has 0 fully saturated rings. The highest BCUT2D eigenvalue weighted by molar-refractivity contribution is 4.90. The second-order valence-electron chi connectivity index (χ2n) is 5.18. The lowest BCUT2D eigenvalue weighted by Gasteiger charge is -2.29. The molecule has 0 atom stereocenters. The maximum Gasteiger partial charge on any atom is -0.0321 e. The molecule has 0 amide bonds. The molecule has 0 aromatic heterocycles. The summed E-state index contributed by atoms with van der Waals surface area (Å²) in [4.78, 5) is 0. The first-order valence-electron chi connectivity index (χ1n) is 6.67. The molecule has 0 aliphatic carbocycles. The van der Waals surface area contributed by atoms with E-state index in [0.717, 1.165) is 0 Å². The molecular formula is C16H32. The monoisotopic (exact) mass is 224 g/mol. The first kappa shape index (κ1) is 17.9. The molecule has 0 rings (SSSR count). The molecule has 0 aromatic carbocycles. The molecular weight excluding hydrogens is 192 g/mol. The summed E-state index contributed by atoms with van der Waals surface area (Å²) < 4.78 is 0. The van der Waals surface area contributed by atoms with Gasteiger partial charge in [0.15, 0.2) is 0 Å². The van der Waals surface area contributed by atoms with Crippen molar-refractivity contribution in [1.29, 1.82) is 0 Å². The van der Waals surface area contributed by atoms with Gasteiger partial charge in [-0.2, -0.15) is 0 Å². The number of allylic oxidation sites excluding steroid dienone is 2. The molecule has 16 heavy (non-hydrogen) atoms. The number of rotatable bonds is 7. The van der Waals surface area contributed by atoms with Gasteiger partial charge in [-0.15, -0.1) is 13.2 Å². The topological polar surface area (TPSA) is 0 Å². The van der Waals surface area contributed by atoms with Crippen LogP contribution in [0.15, 0.2) is 24.8 Å². The van der Waals surface area contributed by atoms with Crippen LogP contribution in [-0.4, -0.2) is 0 Å². The average molecular weight is 224 g/mol. The second-order valence-corrected chi connectivity index (χ2v) is 5.18. The van der Waals surface area contributed by atoms with E-state index in [1.54, 1.807) is 6.08 Å². The second kappa shape index (κ2) is 11.0. The minimum Gasteiger partial charge on any atom is -0.103 e. The van der Waals surface area contributed by atoms with Crippen molar-refractivity contribution in [1.82, 2.24) is 0 Å². The van der Waals surface area contributed by atoms with E-state index in [1.165, 1.54) is 44.1 Å². The maximum atomic E-state index is 3.98. The van der Waals surface area contributed by atoms with Gasteiger partial charge in [0.05, 0.1) is 0 Å². The molecule has 0 unspecified atom stereocenters. The fourth-order valence-electron chi connectivity index (χ4n) is 2.10. The highest BCUT2D eigenvalue weighted by Gasteiger charge is 2.21. The van der Waals surface area contributed by atoms with Crippen LogP contribution in [0.5, 0.6) is 0 Å². The minimum absolute atomic E-state index is 0.572. The van der Waals surface area contributed by atoms with Crippen molar-refractivity contribution in [3.63, 3.8) is 0 Å². The number of hydrogen-bond donors (Lipinski definition) is 0. The molecule has 0 radical (unpaired) electrons. The Balaban J connectivity index is 0. The Morgan fingerprint density at radius 3 is 1.75 bits per heavy atom. The van der Waals surface area contributed by atoms with Gasteiger partial charge in [-0.25, -0.2) is 0 Å². The van der Waals surface area contributed by atoms with Gasteiger partial charge in [0.1, 0.15) is 0 Å². The van der Waals surface area contributed by atoms with E-state index in [2.05, 4.69) is 40.9 Å². The molecule has 0 saturated heterocycles. The van der Waals surface area contributed by atoms with Crippen LogP contribution < -0.4 is 0 Å². The zero-order valence-corrected chi connectivity index (χ0v) is 12.2. The molecule has 0 aromatic rings. The molecule has 0 saturated carbocycles. The van der Waals surface area contributed by atoms with Crippen molar-refractivity contribution in [2.45, 2.75) is 73.1 Å². The first-order chi connectivity index (χ1) is 7.45. The first-order valence-corrected chi connectivity index (χ1v) is 6.67. The minimum atomic E-state index is 0.572. The van der Waals surface area contributed by atoms with Crippen LogP contribution in [0.25, 0.3) is 0 Å². The third-order valence-corrected chi connectivity index (χ3v) is 2.86. The fourth-order valence-corrected chi connectivity index (χ4v) is 2.10. The van der Waals surface area contributed by atoms with Crippen LogP contribution in [0.3, 0.4) is 0 Å². The van der Waals surface area contributed by atoms with Gasteiger partial charge in [0.2, 0.25) is 0 Å². The van der Waals surface area contributed by atoms with E-state index in [9.17, 15) is 0 Å². The van der Waals surface area contributed by atoms with Crippen molar-refractivity contribution in [3.8, 4) is 0 Å². The molecule has 0 N–H and O–H groups in total. The Morgan fingerprint density at radius 1 is 1.12 bits per heavy atom. The Labute approximate surface area is 104 Å². The van der Waals surface area contributed by atoms with Gasteiger partial charge in [0, 0.05) is 0 Å². The van der Waals surface area contributed by atoms with Gasteiger partial charge in [-0.05, 0) is 44.9 Å². The normalized spacial score (nSPS) is 10.3. The van der Waals surface area contributed by atoms with Crippen molar-refractivity contribution < 1.29 is 0 Å². The summed E-state index contributed by atoms with van der Waals surface area (Å²) in [7, 11) is 0. The van der Waals surface area contributed by atoms with Crippen molar-refractivity contribution in [3.05, 3.63) is 24.8 Å². The zero-order valence-electron chi connectivity index (χ0n) is 12.2. The molecule has 0 heteroatoms.